The molecular formula is C21H26N2O3S. The van der Waals surface area contributed by atoms with Gasteiger partial charge < -0.3 is 14.8 Å². The summed E-state index contributed by atoms with van der Waals surface area (Å²) >= 11 is 1.84. The minimum atomic E-state index is -0.122. The number of amides is 1. The molecule has 0 saturated heterocycles. The predicted octanol–water partition coefficient (Wildman–Crippen LogP) is 3.34. The highest BCUT2D eigenvalue weighted by atomic mass is 32.1. The largest absolute Gasteiger partial charge is 0.493 e. The van der Waals surface area contributed by atoms with Crippen molar-refractivity contribution in [3.63, 3.8) is 0 Å². The SMILES string of the molecule is CC=Cc1ccc(OCC(=O)NCCN2CCc3sccc3C2)c(OC)c1. The number of fused-ring (bicyclic) bond motifs is 1. The third kappa shape index (κ3) is 5.34. The van der Waals surface area contributed by atoms with E-state index in [4.69, 9.17) is 9.47 Å². The summed E-state index contributed by atoms with van der Waals surface area (Å²) in [6.45, 7) is 5.44. The van der Waals surface area contributed by atoms with Gasteiger partial charge in [-0.1, -0.05) is 18.2 Å². The van der Waals surface area contributed by atoms with Gasteiger partial charge in [0.25, 0.3) is 5.91 Å². The van der Waals surface area contributed by atoms with E-state index in [1.807, 2.05) is 48.6 Å². The molecule has 1 amide bonds. The predicted molar refractivity (Wildman–Crippen MR) is 110 cm³/mol. The number of nitrogens with one attached hydrogen (secondary N) is 1. The van der Waals surface area contributed by atoms with Crippen LogP contribution in [0, 0.1) is 0 Å². The van der Waals surface area contributed by atoms with E-state index in [0.717, 1.165) is 31.6 Å². The highest BCUT2D eigenvalue weighted by molar-refractivity contribution is 7.10. The van der Waals surface area contributed by atoms with Gasteiger partial charge in [-0.3, -0.25) is 9.69 Å². The number of hydrogen-bond donors (Lipinski definition) is 1. The third-order valence-corrected chi connectivity index (χ3v) is 5.57. The van der Waals surface area contributed by atoms with E-state index in [1.54, 1.807) is 7.11 Å². The molecule has 27 heavy (non-hydrogen) atoms. The number of ether oxygens (including phenoxy) is 2. The van der Waals surface area contributed by atoms with Crippen molar-refractivity contribution in [2.45, 2.75) is 19.9 Å². The van der Waals surface area contributed by atoms with Crippen LogP contribution in [0.3, 0.4) is 0 Å². The van der Waals surface area contributed by atoms with Crippen LogP contribution in [0.1, 0.15) is 22.9 Å². The minimum Gasteiger partial charge on any atom is -0.493 e. The normalized spacial score (nSPS) is 14.1. The fourth-order valence-electron chi connectivity index (χ4n) is 3.15. The summed E-state index contributed by atoms with van der Waals surface area (Å²) < 4.78 is 11.0. The van der Waals surface area contributed by atoms with Gasteiger partial charge >= 0.3 is 0 Å². The monoisotopic (exact) mass is 386 g/mol. The number of nitrogens with zero attached hydrogens (tertiary/aromatic N) is 1. The van der Waals surface area contributed by atoms with Crippen LogP contribution in [-0.4, -0.2) is 44.2 Å². The van der Waals surface area contributed by atoms with Gasteiger partial charge in [0.15, 0.2) is 18.1 Å². The highest BCUT2D eigenvalue weighted by Gasteiger charge is 2.16. The zero-order valence-corrected chi connectivity index (χ0v) is 16.7. The standard InChI is InChI=1S/C21H26N2O3S/c1-3-4-16-5-6-18(19(13-16)25-2)26-15-21(24)22-9-11-23-10-7-20-17(14-23)8-12-27-20/h3-6,8,12-13H,7,9-11,14-15H2,1-2H3,(H,22,24). The van der Waals surface area contributed by atoms with Gasteiger partial charge in [-0.25, -0.2) is 0 Å². The van der Waals surface area contributed by atoms with Gasteiger partial charge in [-0.2, -0.15) is 0 Å². The lowest BCUT2D eigenvalue weighted by molar-refractivity contribution is -0.123. The average Bonchev–Trinajstić information content (AvgIpc) is 3.15. The van der Waals surface area contributed by atoms with Gasteiger partial charge in [0, 0.05) is 31.1 Å². The lowest BCUT2D eigenvalue weighted by Crippen LogP contribution is -2.38. The van der Waals surface area contributed by atoms with E-state index in [9.17, 15) is 4.79 Å². The molecule has 1 aliphatic rings. The zero-order valence-electron chi connectivity index (χ0n) is 15.9. The summed E-state index contributed by atoms with van der Waals surface area (Å²) in [7, 11) is 1.60. The first-order valence-electron chi connectivity index (χ1n) is 9.17. The molecule has 144 valence electrons. The first-order valence-corrected chi connectivity index (χ1v) is 10.1. The molecule has 0 radical (unpaired) electrons. The molecule has 5 nitrogen and oxygen atoms in total. The van der Waals surface area contributed by atoms with E-state index >= 15 is 0 Å². The smallest absolute Gasteiger partial charge is 0.257 e. The van der Waals surface area contributed by atoms with Gasteiger partial charge in [0.2, 0.25) is 0 Å². The second-order valence-electron chi connectivity index (χ2n) is 6.44. The summed E-state index contributed by atoms with van der Waals surface area (Å²) in [4.78, 5) is 16.0. The number of benzene rings is 1. The number of rotatable bonds is 8. The number of carbonyl (C=O) groups is 1. The average molecular weight is 387 g/mol. The quantitative estimate of drug-likeness (QED) is 0.756. The van der Waals surface area contributed by atoms with Gasteiger partial charge in [0.05, 0.1) is 7.11 Å². The number of methoxy groups -OCH3 is 1. The molecule has 1 aliphatic heterocycles. The van der Waals surface area contributed by atoms with Crippen LogP contribution >= 0.6 is 11.3 Å². The van der Waals surface area contributed by atoms with Crippen LogP contribution in [0.5, 0.6) is 11.5 Å². The van der Waals surface area contributed by atoms with Crippen molar-refractivity contribution in [3.05, 3.63) is 51.7 Å². The maximum Gasteiger partial charge on any atom is 0.257 e. The Balaban J connectivity index is 1.41. The van der Waals surface area contributed by atoms with Crippen LogP contribution < -0.4 is 14.8 Å². The molecule has 0 spiro atoms. The van der Waals surface area contributed by atoms with Crippen LogP contribution in [0.25, 0.3) is 6.08 Å². The summed E-state index contributed by atoms with van der Waals surface area (Å²) in [5.41, 5.74) is 2.45. The van der Waals surface area contributed by atoms with Crippen molar-refractivity contribution >= 4 is 23.3 Å². The molecule has 0 fully saturated rings. The summed E-state index contributed by atoms with van der Waals surface area (Å²) in [6, 6.07) is 7.86. The Morgan fingerprint density at radius 2 is 2.22 bits per heavy atom. The Hall–Kier alpha value is -2.31. The molecule has 2 heterocycles. The number of carbonyl (C=O) groups excluding carboxylic acids is 1. The van der Waals surface area contributed by atoms with E-state index in [-0.39, 0.29) is 12.5 Å². The number of hydrogen-bond acceptors (Lipinski definition) is 5. The molecule has 0 atom stereocenters. The van der Waals surface area contributed by atoms with Crippen molar-refractivity contribution in [1.82, 2.24) is 10.2 Å². The van der Waals surface area contributed by atoms with Crippen molar-refractivity contribution in [1.29, 1.82) is 0 Å². The molecule has 0 bridgehead atoms. The first kappa shape index (κ1) is 19.5. The maximum absolute atomic E-state index is 12.1. The van der Waals surface area contributed by atoms with Crippen LogP contribution in [0.2, 0.25) is 0 Å². The first-order chi connectivity index (χ1) is 13.2. The van der Waals surface area contributed by atoms with Gasteiger partial charge in [0.1, 0.15) is 0 Å². The van der Waals surface area contributed by atoms with Crippen molar-refractivity contribution < 1.29 is 14.3 Å². The summed E-state index contributed by atoms with van der Waals surface area (Å²) in [6.07, 6.45) is 5.05. The van der Waals surface area contributed by atoms with Crippen molar-refractivity contribution in [2.24, 2.45) is 0 Å². The molecule has 0 aliphatic carbocycles. The molecular weight excluding hydrogens is 360 g/mol. The Morgan fingerprint density at radius 3 is 3.04 bits per heavy atom. The van der Waals surface area contributed by atoms with Crippen LogP contribution in [0.4, 0.5) is 0 Å². The van der Waals surface area contributed by atoms with E-state index in [1.165, 1.54) is 10.4 Å². The Bertz CT molecular complexity index is 800. The topological polar surface area (TPSA) is 50.8 Å². The van der Waals surface area contributed by atoms with Gasteiger partial charge in [-0.05, 0) is 48.1 Å². The number of thiophene rings is 1. The van der Waals surface area contributed by atoms with Gasteiger partial charge in [-0.15, -0.1) is 11.3 Å². The minimum absolute atomic E-state index is 0.0198. The molecule has 0 saturated carbocycles. The molecule has 6 heteroatoms. The van der Waals surface area contributed by atoms with E-state index in [0.29, 0.717) is 18.0 Å². The molecule has 3 rings (SSSR count). The highest BCUT2D eigenvalue weighted by Crippen LogP contribution is 2.28. The second kappa shape index (κ2) is 9.58. The second-order valence-corrected chi connectivity index (χ2v) is 7.44. The summed E-state index contributed by atoms with van der Waals surface area (Å²) in [5, 5.41) is 5.09. The molecule has 1 N–H and O–H groups in total. The summed E-state index contributed by atoms with van der Waals surface area (Å²) in [5.74, 6) is 1.07. The fourth-order valence-corrected chi connectivity index (χ4v) is 4.03. The Kier molecular flexibility index (Phi) is 6.90. The molecule has 1 aromatic heterocycles. The number of allylic oxidation sites excluding steroid dienone is 1. The molecule has 2 aromatic rings. The third-order valence-electron chi connectivity index (χ3n) is 4.54. The van der Waals surface area contributed by atoms with Crippen LogP contribution in [-0.2, 0) is 17.8 Å². The Labute approximate surface area is 164 Å². The van der Waals surface area contributed by atoms with E-state index < -0.39 is 0 Å². The molecule has 0 unspecified atom stereocenters. The van der Waals surface area contributed by atoms with Crippen LogP contribution in [0.15, 0.2) is 35.7 Å². The lowest BCUT2D eigenvalue weighted by atomic mass is 10.1. The molecule has 1 aromatic carbocycles. The maximum atomic E-state index is 12.1. The lowest BCUT2D eigenvalue weighted by Gasteiger charge is -2.26. The van der Waals surface area contributed by atoms with Crippen molar-refractivity contribution in [2.75, 3.05) is 33.4 Å². The van der Waals surface area contributed by atoms with Crippen molar-refractivity contribution in [3.8, 4) is 11.5 Å². The van der Waals surface area contributed by atoms with E-state index in [2.05, 4.69) is 21.7 Å². The Morgan fingerprint density at radius 1 is 1.33 bits per heavy atom. The fraction of sp³-hybridized carbons (Fsp3) is 0.381. The zero-order chi connectivity index (χ0) is 19.1.